The van der Waals surface area contributed by atoms with Crippen LogP contribution < -0.4 is 0 Å². The third-order valence-corrected chi connectivity index (χ3v) is 2.31. The normalized spacial score (nSPS) is 17.0. The highest BCUT2D eigenvalue weighted by atomic mass is 16.1. The molecule has 3 heteroatoms. The van der Waals surface area contributed by atoms with Crippen molar-refractivity contribution in [2.45, 2.75) is 19.3 Å². The first-order valence-electron chi connectivity index (χ1n) is 4.18. The average molecular weight is 162 g/mol. The smallest absolute Gasteiger partial charge is 0.184 e. The molecule has 2 rings (SSSR count). The van der Waals surface area contributed by atoms with Gasteiger partial charge in [-0.25, -0.2) is 9.97 Å². The summed E-state index contributed by atoms with van der Waals surface area (Å²) in [5.41, 5.74) is 0.565. The molecule has 62 valence electrons. The second-order valence-corrected chi connectivity index (χ2v) is 3.09. The van der Waals surface area contributed by atoms with Gasteiger partial charge >= 0.3 is 0 Å². The number of hydrogen-bond donors (Lipinski definition) is 0. The van der Waals surface area contributed by atoms with Crippen LogP contribution >= 0.6 is 0 Å². The monoisotopic (exact) mass is 162 g/mol. The fraction of sp³-hybridized carbons (Fsp3) is 0.444. The van der Waals surface area contributed by atoms with Gasteiger partial charge in [-0.1, -0.05) is 6.42 Å². The first kappa shape index (κ1) is 7.40. The van der Waals surface area contributed by atoms with E-state index in [-0.39, 0.29) is 11.7 Å². The lowest BCUT2D eigenvalue weighted by Crippen LogP contribution is -2.22. The van der Waals surface area contributed by atoms with Crippen molar-refractivity contribution >= 4 is 5.78 Å². The van der Waals surface area contributed by atoms with Crippen LogP contribution in [0.4, 0.5) is 0 Å². The average Bonchev–Trinajstić information content (AvgIpc) is 2.03. The molecule has 1 aromatic heterocycles. The van der Waals surface area contributed by atoms with Crippen LogP contribution in [0.2, 0.25) is 0 Å². The number of carbonyl (C=O) groups is 1. The largest absolute Gasteiger partial charge is 0.292 e. The molecule has 0 spiro atoms. The SMILES string of the molecule is O=C(c1ccncn1)C1CCC1. The van der Waals surface area contributed by atoms with Gasteiger partial charge in [-0.2, -0.15) is 0 Å². The molecule has 0 aromatic carbocycles. The molecule has 0 saturated heterocycles. The Morgan fingerprint density at radius 3 is 2.83 bits per heavy atom. The summed E-state index contributed by atoms with van der Waals surface area (Å²) >= 11 is 0. The molecule has 0 radical (unpaired) electrons. The van der Waals surface area contributed by atoms with Crippen LogP contribution in [0.3, 0.4) is 0 Å². The highest BCUT2D eigenvalue weighted by Crippen LogP contribution is 2.28. The molecule has 1 aliphatic carbocycles. The molecule has 1 aromatic rings. The lowest BCUT2D eigenvalue weighted by atomic mass is 9.81. The molecule has 0 amide bonds. The molecule has 0 N–H and O–H groups in total. The van der Waals surface area contributed by atoms with Gasteiger partial charge in [0.15, 0.2) is 5.78 Å². The van der Waals surface area contributed by atoms with Crippen molar-refractivity contribution in [3.63, 3.8) is 0 Å². The van der Waals surface area contributed by atoms with Crippen LogP contribution in [0.1, 0.15) is 29.8 Å². The zero-order valence-corrected chi connectivity index (χ0v) is 6.73. The minimum Gasteiger partial charge on any atom is -0.292 e. The zero-order chi connectivity index (χ0) is 8.39. The first-order chi connectivity index (χ1) is 5.88. The molecule has 1 aliphatic rings. The predicted octanol–water partition coefficient (Wildman–Crippen LogP) is 1.46. The van der Waals surface area contributed by atoms with Gasteiger partial charge in [-0.15, -0.1) is 0 Å². The summed E-state index contributed by atoms with van der Waals surface area (Å²) in [6.07, 6.45) is 6.28. The van der Waals surface area contributed by atoms with Gasteiger partial charge in [0.2, 0.25) is 0 Å². The number of ketones is 1. The molecule has 1 fully saturated rings. The van der Waals surface area contributed by atoms with Crippen molar-refractivity contribution in [2.24, 2.45) is 5.92 Å². The highest BCUT2D eigenvalue weighted by Gasteiger charge is 2.26. The molecule has 12 heavy (non-hydrogen) atoms. The molecule has 0 aliphatic heterocycles. The third-order valence-electron chi connectivity index (χ3n) is 2.31. The summed E-state index contributed by atoms with van der Waals surface area (Å²) in [5.74, 6) is 0.420. The molecule has 1 saturated carbocycles. The van der Waals surface area contributed by atoms with Crippen molar-refractivity contribution in [1.29, 1.82) is 0 Å². The van der Waals surface area contributed by atoms with Gasteiger partial charge in [0.1, 0.15) is 12.0 Å². The lowest BCUT2D eigenvalue weighted by Gasteiger charge is -2.22. The second kappa shape index (κ2) is 3.01. The number of carbonyl (C=O) groups excluding carboxylic acids is 1. The number of aromatic nitrogens is 2. The maximum Gasteiger partial charge on any atom is 0.184 e. The van der Waals surface area contributed by atoms with Gasteiger partial charge in [-0.05, 0) is 18.9 Å². The summed E-state index contributed by atoms with van der Waals surface area (Å²) in [7, 11) is 0. The van der Waals surface area contributed by atoms with Gasteiger partial charge in [0.25, 0.3) is 0 Å². The van der Waals surface area contributed by atoms with Gasteiger partial charge in [0, 0.05) is 12.1 Å². The highest BCUT2D eigenvalue weighted by molar-refractivity contribution is 5.96. The first-order valence-corrected chi connectivity index (χ1v) is 4.18. The Balaban J connectivity index is 2.14. The summed E-state index contributed by atoms with van der Waals surface area (Å²) in [5, 5.41) is 0. The fourth-order valence-electron chi connectivity index (χ4n) is 1.32. The molecule has 0 atom stereocenters. The van der Waals surface area contributed by atoms with Crippen LogP contribution in [0, 0.1) is 5.92 Å². The quantitative estimate of drug-likeness (QED) is 0.618. The molecular formula is C9H10N2O. The van der Waals surface area contributed by atoms with Crippen LogP contribution in [0.25, 0.3) is 0 Å². The van der Waals surface area contributed by atoms with Gasteiger partial charge in [0.05, 0.1) is 0 Å². The number of hydrogen-bond acceptors (Lipinski definition) is 3. The van der Waals surface area contributed by atoms with E-state index in [1.165, 1.54) is 12.7 Å². The standard InChI is InChI=1S/C9H10N2O/c12-9(7-2-1-3-7)8-4-5-10-6-11-8/h4-7H,1-3H2. The Morgan fingerprint density at radius 1 is 1.50 bits per heavy atom. The fourth-order valence-corrected chi connectivity index (χ4v) is 1.32. The Hall–Kier alpha value is -1.25. The Labute approximate surface area is 70.9 Å². The van der Waals surface area contributed by atoms with Crippen LogP contribution in [0.15, 0.2) is 18.6 Å². The Morgan fingerprint density at radius 2 is 2.33 bits per heavy atom. The van der Waals surface area contributed by atoms with Gasteiger partial charge in [-0.3, -0.25) is 4.79 Å². The zero-order valence-electron chi connectivity index (χ0n) is 6.73. The Kier molecular flexibility index (Phi) is 1.86. The summed E-state index contributed by atoms with van der Waals surface area (Å²) in [4.78, 5) is 19.2. The lowest BCUT2D eigenvalue weighted by molar-refractivity contribution is 0.0849. The molecule has 1 heterocycles. The summed E-state index contributed by atoms with van der Waals surface area (Å²) in [6, 6.07) is 1.68. The van der Waals surface area contributed by atoms with Crippen molar-refractivity contribution in [2.75, 3.05) is 0 Å². The number of nitrogens with zero attached hydrogens (tertiary/aromatic N) is 2. The second-order valence-electron chi connectivity index (χ2n) is 3.09. The van der Waals surface area contributed by atoms with E-state index in [0.717, 1.165) is 12.8 Å². The van der Waals surface area contributed by atoms with Crippen LogP contribution in [-0.4, -0.2) is 15.8 Å². The van der Waals surface area contributed by atoms with E-state index in [4.69, 9.17) is 0 Å². The van der Waals surface area contributed by atoms with E-state index in [0.29, 0.717) is 5.69 Å². The molecule has 0 unspecified atom stereocenters. The summed E-state index contributed by atoms with van der Waals surface area (Å²) < 4.78 is 0. The molecule has 0 bridgehead atoms. The maximum absolute atomic E-state index is 11.5. The van der Waals surface area contributed by atoms with E-state index in [2.05, 4.69) is 9.97 Å². The number of rotatable bonds is 2. The van der Waals surface area contributed by atoms with Crippen LogP contribution in [0.5, 0.6) is 0 Å². The predicted molar refractivity (Wildman–Crippen MR) is 43.7 cm³/mol. The van der Waals surface area contributed by atoms with Crippen molar-refractivity contribution in [3.05, 3.63) is 24.3 Å². The minimum atomic E-state index is 0.184. The van der Waals surface area contributed by atoms with Crippen molar-refractivity contribution in [3.8, 4) is 0 Å². The van der Waals surface area contributed by atoms with E-state index in [1.807, 2.05) is 0 Å². The topological polar surface area (TPSA) is 42.9 Å². The van der Waals surface area contributed by atoms with Gasteiger partial charge < -0.3 is 0 Å². The minimum absolute atomic E-state index is 0.184. The molecule has 3 nitrogen and oxygen atoms in total. The van der Waals surface area contributed by atoms with Crippen LogP contribution in [-0.2, 0) is 0 Å². The third kappa shape index (κ3) is 1.22. The number of Topliss-reactive ketones (excluding diaryl/α,β-unsaturated/α-hetero) is 1. The van der Waals surface area contributed by atoms with Crippen molar-refractivity contribution in [1.82, 2.24) is 9.97 Å². The van der Waals surface area contributed by atoms with E-state index in [1.54, 1.807) is 12.3 Å². The maximum atomic E-state index is 11.5. The van der Waals surface area contributed by atoms with E-state index >= 15 is 0 Å². The summed E-state index contributed by atoms with van der Waals surface area (Å²) in [6.45, 7) is 0. The van der Waals surface area contributed by atoms with E-state index < -0.39 is 0 Å². The van der Waals surface area contributed by atoms with Crippen molar-refractivity contribution < 1.29 is 4.79 Å². The Bertz CT molecular complexity index is 280. The molecular weight excluding hydrogens is 152 g/mol. The van der Waals surface area contributed by atoms with E-state index in [9.17, 15) is 4.79 Å².